The molecule has 0 radical (unpaired) electrons. The van der Waals surface area contributed by atoms with Crippen LogP contribution in [0, 0.1) is 0 Å². The van der Waals surface area contributed by atoms with Crippen LogP contribution in [0.3, 0.4) is 0 Å². The molecule has 0 unspecified atom stereocenters. The Hall–Kier alpha value is -0.340. The van der Waals surface area contributed by atoms with Crippen LogP contribution in [0.25, 0.3) is 0 Å². The van der Waals surface area contributed by atoms with Gasteiger partial charge in [-0.05, 0) is 25.8 Å². The van der Waals surface area contributed by atoms with Crippen LogP contribution in [-0.4, -0.2) is 30.6 Å². The minimum Gasteiger partial charge on any atom is -0.327 e. The van der Waals surface area contributed by atoms with Crippen LogP contribution in [0.15, 0.2) is 12.2 Å². The summed E-state index contributed by atoms with van der Waals surface area (Å²) in [5, 5.41) is 0. The smallest absolute Gasteiger partial charge is 0.0166 e. The molecule has 13 heavy (non-hydrogen) atoms. The molecule has 2 nitrogen and oxygen atoms in total. The molecule has 1 fully saturated rings. The Morgan fingerprint density at radius 2 is 2.15 bits per heavy atom. The molecule has 0 saturated heterocycles. The first kappa shape index (κ1) is 10.7. The first-order chi connectivity index (χ1) is 6.38. The summed E-state index contributed by atoms with van der Waals surface area (Å²) in [5.41, 5.74) is 5.40. The molecule has 0 bridgehead atoms. The van der Waals surface area contributed by atoms with Gasteiger partial charge in [0.05, 0.1) is 0 Å². The Kier molecular flexibility index (Phi) is 5.09. The van der Waals surface area contributed by atoms with E-state index in [0.717, 1.165) is 12.6 Å². The minimum atomic E-state index is 0.673. The molecule has 0 aromatic heterocycles. The molecule has 0 spiro atoms. The summed E-state index contributed by atoms with van der Waals surface area (Å²) in [4.78, 5) is 2.58. The fourth-order valence-electron chi connectivity index (χ4n) is 1.53. The van der Waals surface area contributed by atoms with Gasteiger partial charge in [-0.15, -0.1) is 0 Å². The first-order valence-corrected chi connectivity index (χ1v) is 5.47. The van der Waals surface area contributed by atoms with E-state index in [-0.39, 0.29) is 0 Å². The van der Waals surface area contributed by atoms with Crippen LogP contribution in [0.1, 0.15) is 32.6 Å². The summed E-state index contributed by atoms with van der Waals surface area (Å²) in [6, 6.07) is 0.883. The molecule has 1 rings (SSSR count). The highest BCUT2D eigenvalue weighted by Gasteiger charge is 2.27. The average Bonchev–Trinajstić information content (AvgIpc) is 2.94. The number of hydrogen-bond acceptors (Lipinski definition) is 2. The van der Waals surface area contributed by atoms with Gasteiger partial charge in [0.25, 0.3) is 0 Å². The van der Waals surface area contributed by atoms with E-state index >= 15 is 0 Å². The van der Waals surface area contributed by atoms with Crippen LogP contribution in [0.2, 0.25) is 0 Å². The van der Waals surface area contributed by atoms with Crippen LogP contribution in [-0.2, 0) is 0 Å². The highest BCUT2D eigenvalue weighted by Crippen LogP contribution is 2.26. The normalized spacial score (nSPS) is 17.5. The van der Waals surface area contributed by atoms with Crippen LogP contribution >= 0.6 is 0 Å². The quantitative estimate of drug-likeness (QED) is 0.608. The Bertz CT molecular complexity index is 150. The van der Waals surface area contributed by atoms with Crippen LogP contribution in [0.5, 0.6) is 0 Å². The third-order valence-corrected chi connectivity index (χ3v) is 2.50. The second kappa shape index (κ2) is 6.17. The third kappa shape index (κ3) is 4.44. The third-order valence-electron chi connectivity index (χ3n) is 2.50. The van der Waals surface area contributed by atoms with Gasteiger partial charge in [0.15, 0.2) is 0 Å². The summed E-state index contributed by atoms with van der Waals surface area (Å²) in [6.45, 7) is 5.28. The van der Waals surface area contributed by atoms with Gasteiger partial charge in [0, 0.05) is 19.1 Å². The maximum Gasteiger partial charge on any atom is 0.0166 e. The van der Waals surface area contributed by atoms with E-state index in [0.29, 0.717) is 6.54 Å². The molecule has 0 aromatic rings. The van der Waals surface area contributed by atoms with Crippen molar-refractivity contribution in [2.24, 2.45) is 5.73 Å². The molecule has 0 heterocycles. The van der Waals surface area contributed by atoms with Gasteiger partial charge in [0.2, 0.25) is 0 Å². The standard InChI is InChI=1S/C11H22N2/c1-2-3-9-13(11-6-7-11)10-5-4-8-12/h4-5,11H,2-3,6-10,12H2,1H3. The van der Waals surface area contributed by atoms with Crippen molar-refractivity contribution >= 4 is 0 Å². The lowest BCUT2D eigenvalue weighted by molar-refractivity contribution is 0.287. The monoisotopic (exact) mass is 182 g/mol. The van der Waals surface area contributed by atoms with Crippen molar-refractivity contribution in [2.75, 3.05) is 19.6 Å². The van der Waals surface area contributed by atoms with E-state index in [4.69, 9.17) is 5.73 Å². The van der Waals surface area contributed by atoms with Crippen molar-refractivity contribution in [1.29, 1.82) is 0 Å². The van der Waals surface area contributed by atoms with Gasteiger partial charge in [-0.1, -0.05) is 25.5 Å². The summed E-state index contributed by atoms with van der Waals surface area (Å²) < 4.78 is 0. The Labute approximate surface area is 81.8 Å². The predicted octanol–water partition coefficient (Wildman–Crippen LogP) is 1.77. The predicted molar refractivity (Wildman–Crippen MR) is 57.7 cm³/mol. The van der Waals surface area contributed by atoms with Crippen molar-refractivity contribution in [3.05, 3.63) is 12.2 Å². The van der Waals surface area contributed by atoms with Crippen LogP contribution < -0.4 is 5.73 Å². The lowest BCUT2D eigenvalue weighted by atomic mass is 10.3. The maximum absolute atomic E-state index is 5.40. The lowest BCUT2D eigenvalue weighted by Crippen LogP contribution is -2.27. The summed E-state index contributed by atoms with van der Waals surface area (Å²) in [7, 11) is 0. The van der Waals surface area contributed by atoms with Gasteiger partial charge < -0.3 is 5.73 Å². The van der Waals surface area contributed by atoms with Crippen molar-refractivity contribution in [1.82, 2.24) is 4.90 Å². The van der Waals surface area contributed by atoms with E-state index in [2.05, 4.69) is 24.0 Å². The topological polar surface area (TPSA) is 29.3 Å². The largest absolute Gasteiger partial charge is 0.327 e. The van der Waals surface area contributed by atoms with Gasteiger partial charge in [-0.3, -0.25) is 4.90 Å². The maximum atomic E-state index is 5.40. The number of rotatable bonds is 7. The van der Waals surface area contributed by atoms with Crippen LogP contribution in [0.4, 0.5) is 0 Å². The zero-order valence-electron chi connectivity index (χ0n) is 8.71. The Balaban J connectivity index is 2.17. The second-order valence-electron chi connectivity index (χ2n) is 3.79. The number of nitrogens with zero attached hydrogens (tertiary/aromatic N) is 1. The molecular formula is C11H22N2. The number of hydrogen-bond donors (Lipinski definition) is 1. The van der Waals surface area contributed by atoms with Crippen molar-refractivity contribution < 1.29 is 0 Å². The molecule has 2 N–H and O–H groups in total. The summed E-state index contributed by atoms with van der Waals surface area (Å²) in [5.74, 6) is 0. The molecule has 1 aliphatic rings. The van der Waals surface area contributed by atoms with Crippen molar-refractivity contribution in [2.45, 2.75) is 38.6 Å². The van der Waals surface area contributed by atoms with Gasteiger partial charge in [0.1, 0.15) is 0 Å². The average molecular weight is 182 g/mol. The zero-order valence-corrected chi connectivity index (χ0v) is 8.71. The van der Waals surface area contributed by atoms with Crippen molar-refractivity contribution in [3.63, 3.8) is 0 Å². The van der Waals surface area contributed by atoms with Gasteiger partial charge >= 0.3 is 0 Å². The summed E-state index contributed by atoms with van der Waals surface area (Å²) >= 11 is 0. The lowest BCUT2D eigenvalue weighted by Gasteiger charge is -2.19. The molecule has 0 aromatic carbocycles. The van der Waals surface area contributed by atoms with E-state index in [9.17, 15) is 0 Å². The van der Waals surface area contributed by atoms with Crippen molar-refractivity contribution in [3.8, 4) is 0 Å². The van der Waals surface area contributed by atoms with E-state index < -0.39 is 0 Å². The van der Waals surface area contributed by atoms with E-state index in [1.807, 2.05) is 0 Å². The highest BCUT2D eigenvalue weighted by molar-refractivity contribution is 4.91. The van der Waals surface area contributed by atoms with Gasteiger partial charge in [-0.25, -0.2) is 0 Å². The molecule has 2 heteroatoms. The number of unbranched alkanes of at least 4 members (excludes halogenated alkanes) is 1. The second-order valence-corrected chi connectivity index (χ2v) is 3.79. The Morgan fingerprint density at radius 1 is 1.38 bits per heavy atom. The fourth-order valence-corrected chi connectivity index (χ4v) is 1.53. The van der Waals surface area contributed by atoms with E-state index in [1.54, 1.807) is 0 Å². The first-order valence-electron chi connectivity index (χ1n) is 5.47. The van der Waals surface area contributed by atoms with E-state index in [1.165, 1.54) is 32.2 Å². The van der Waals surface area contributed by atoms with Gasteiger partial charge in [-0.2, -0.15) is 0 Å². The fraction of sp³-hybridized carbons (Fsp3) is 0.818. The highest BCUT2D eigenvalue weighted by atomic mass is 15.2. The zero-order chi connectivity index (χ0) is 9.52. The SMILES string of the molecule is CCCCN(CC=CCN)C1CC1. The molecule has 1 aliphatic carbocycles. The molecule has 1 saturated carbocycles. The molecule has 0 amide bonds. The molecule has 0 aliphatic heterocycles. The molecule has 76 valence electrons. The molecule has 0 atom stereocenters. The number of nitrogens with two attached hydrogens (primary N) is 1. The minimum absolute atomic E-state index is 0.673. The Morgan fingerprint density at radius 3 is 2.69 bits per heavy atom. The molecular weight excluding hydrogens is 160 g/mol. The summed E-state index contributed by atoms with van der Waals surface area (Å²) in [6.07, 6.45) is 9.69.